The highest BCUT2D eigenvalue weighted by Crippen LogP contribution is 2.27. The van der Waals surface area contributed by atoms with E-state index in [1.165, 1.54) is 6.33 Å². The minimum Gasteiger partial charge on any atom is -0.357 e. The zero-order valence-electron chi connectivity index (χ0n) is 7.91. The molecule has 1 aliphatic rings. The van der Waals surface area contributed by atoms with E-state index in [0.717, 1.165) is 4.73 Å². The highest BCUT2D eigenvalue weighted by atomic mass is 32.3. The van der Waals surface area contributed by atoms with Crippen molar-refractivity contribution in [2.75, 3.05) is 12.4 Å². The molecule has 1 aliphatic heterocycles. The first-order chi connectivity index (χ1) is 7.59. The van der Waals surface area contributed by atoms with E-state index in [1.807, 2.05) is 0 Å². The van der Waals surface area contributed by atoms with Crippen molar-refractivity contribution >= 4 is 27.5 Å². The van der Waals surface area contributed by atoms with Gasteiger partial charge in [-0.15, -0.1) is 13.1 Å². The van der Waals surface area contributed by atoms with Crippen LogP contribution in [0.5, 0.6) is 5.88 Å². The van der Waals surface area contributed by atoms with Gasteiger partial charge in [-0.3, -0.25) is 4.28 Å². The van der Waals surface area contributed by atoms with Crippen molar-refractivity contribution in [3.63, 3.8) is 0 Å². The third-order valence-corrected chi connectivity index (χ3v) is 2.62. The average Bonchev–Trinajstić information content (AvgIpc) is 2.60. The summed E-state index contributed by atoms with van der Waals surface area (Å²) in [7, 11) is -2.54. The van der Waals surface area contributed by atoms with E-state index >= 15 is 0 Å². The van der Waals surface area contributed by atoms with Crippen molar-refractivity contribution in [3.05, 3.63) is 6.33 Å². The zero-order chi connectivity index (χ0) is 11.3. The van der Waals surface area contributed by atoms with Crippen LogP contribution in [-0.4, -0.2) is 35.1 Å². The minimum absolute atomic E-state index is 0.113. The molecule has 0 fully saturated rings. The maximum absolute atomic E-state index is 11.2. The number of anilines is 1. The quantitative estimate of drug-likeness (QED) is 0.674. The van der Waals surface area contributed by atoms with Crippen LogP contribution in [-0.2, 0) is 10.4 Å². The maximum atomic E-state index is 11.2. The lowest BCUT2D eigenvalue weighted by Crippen LogP contribution is -2.29. The Balaban J connectivity index is 2.37. The first-order valence-corrected chi connectivity index (χ1v) is 5.49. The predicted octanol–water partition coefficient (Wildman–Crippen LogP) is -1.07. The van der Waals surface area contributed by atoms with E-state index in [2.05, 4.69) is 28.7 Å². The van der Waals surface area contributed by atoms with E-state index in [1.54, 1.807) is 7.05 Å². The molecule has 0 atom stereocenters. The number of hydrogen-bond acceptors (Lipinski definition) is 8. The van der Waals surface area contributed by atoms with Gasteiger partial charge in [-0.1, -0.05) is 0 Å². The van der Waals surface area contributed by atoms with Crippen LogP contribution in [0, 0.1) is 0 Å². The predicted molar refractivity (Wildman–Crippen MR) is 51.0 cm³/mol. The summed E-state index contributed by atoms with van der Waals surface area (Å²) in [5, 5.41) is 2.67. The fraction of sp³-hybridized carbons (Fsp3) is 0.167. The number of nitrogens with zero attached hydrogens (tertiary/aromatic N) is 4. The van der Waals surface area contributed by atoms with Gasteiger partial charge >= 0.3 is 10.4 Å². The van der Waals surface area contributed by atoms with Crippen molar-refractivity contribution in [1.82, 2.24) is 19.7 Å². The standard InChI is InChI=1S/C6H5N5O4S/c1-7-6-9-4-3-5(10-6)14-16(12,13)15-11(3)2-8-4/h2H,1H3,(H,7,9,10). The van der Waals surface area contributed by atoms with Gasteiger partial charge in [-0.25, -0.2) is 4.98 Å². The van der Waals surface area contributed by atoms with Gasteiger partial charge in [0.05, 0.1) is 0 Å². The summed E-state index contributed by atoms with van der Waals surface area (Å²) in [6.07, 6.45) is 1.18. The lowest BCUT2D eigenvalue weighted by Gasteiger charge is -2.14. The largest absolute Gasteiger partial charge is 0.522 e. The fourth-order valence-electron chi connectivity index (χ4n) is 1.31. The maximum Gasteiger partial charge on any atom is 0.522 e. The second-order valence-corrected chi connectivity index (χ2v) is 4.04. The molecule has 9 nitrogen and oxygen atoms in total. The molecule has 84 valence electrons. The van der Waals surface area contributed by atoms with Crippen LogP contribution in [0.3, 0.4) is 0 Å². The monoisotopic (exact) mass is 243 g/mol. The van der Waals surface area contributed by atoms with E-state index in [4.69, 9.17) is 0 Å². The highest BCUT2D eigenvalue weighted by molar-refractivity contribution is 7.82. The molecule has 0 radical (unpaired) electrons. The van der Waals surface area contributed by atoms with Crippen molar-refractivity contribution in [1.29, 1.82) is 0 Å². The number of hydrogen-bond donors (Lipinski definition) is 1. The Morgan fingerprint density at radius 3 is 3.00 bits per heavy atom. The number of nitrogens with one attached hydrogen (secondary N) is 1. The Morgan fingerprint density at radius 2 is 2.25 bits per heavy atom. The molecule has 0 spiro atoms. The molecule has 2 aromatic rings. The molecule has 0 saturated heterocycles. The molecule has 3 heterocycles. The molecule has 0 bridgehead atoms. The Kier molecular flexibility index (Phi) is 1.56. The summed E-state index contributed by atoms with van der Waals surface area (Å²) in [5.41, 5.74) is 0.554. The van der Waals surface area contributed by atoms with Crippen molar-refractivity contribution in [2.24, 2.45) is 0 Å². The third-order valence-electron chi connectivity index (χ3n) is 1.92. The molecule has 16 heavy (non-hydrogen) atoms. The molecule has 3 rings (SSSR count). The summed E-state index contributed by atoms with van der Waals surface area (Å²) in [6.45, 7) is 0. The molecule has 1 N–H and O–H groups in total. The zero-order valence-corrected chi connectivity index (χ0v) is 8.72. The highest BCUT2D eigenvalue weighted by Gasteiger charge is 2.29. The summed E-state index contributed by atoms with van der Waals surface area (Å²) >= 11 is 0. The Labute approximate surface area is 89.3 Å². The molecule has 0 unspecified atom stereocenters. The van der Waals surface area contributed by atoms with Gasteiger partial charge in [0.15, 0.2) is 11.2 Å². The van der Waals surface area contributed by atoms with E-state index in [-0.39, 0.29) is 23.0 Å². The molecule has 0 aliphatic carbocycles. The average molecular weight is 243 g/mol. The first-order valence-electron chi connectivity index (χ1n) is 4.16. The molecule has 0 saturated carbocycles. The van der Waals surface area contributed by atoms with Crippen LogP contribution in [0.4, 0.5) is 5.95 Å². The second kappa shape index (κ2) is 2.72. The molecular formula is C6H5N5O4S. The van der Waals surface area contributed by atoms with Gasteiger partial charge in [0, 0.05) is 7.05 Å². The summed E-state index contributed by atoms with van der Waals surface area (Å²) in [5.74, 6) is 0.1000. The molecule has 10 heteroatoms. The van der Waals surface area contributed by atoms with E-state index < -0.39 is 10.4 Å². The lowest BCUT2D eigenvalue weighted by atomic mass is 10.5. The van der Waals surface area contributed by atoms with Crippen molar-refractivity contribution < 1.29 is 16.9 Å². The fourth-order valence-corrected chi connectivity index (χ4v) is 1.96. The lowest BCUT2D eigenvalue weighted by molar-refractivity contribution is 0.235. The van der Waals surface area contributed by atoms with Crippen molar-refractivity contribution in [3.8, 4) is 5.88 Å². The van der Waals surface area contributed by atoms with Gasteiger partial charge in [0.25, 0.3) is 5.88 Å². The van der Waals surface area contributed by atoms with Crippen LogP contribution < -0.4 is 13.8 Å². The smallest absolute Gasteiger partial charge is 0.357 e. The van der Waals surface area contributed by atoms with Crippen LogP contribution in [0.15, 0.2) is 6.33 Å². The van der Waals surface area contributed by atoms with Crippen LogP contribution in [0.2, 0.25) is 0 Å². The first kappa shape index (κ1) is 9.15. The van der Waals surface area contributed by atoms with Crippen LogP contribution in [0.1, 0.15) is 0 Å². The Bertz CT molecular complexity index is 678. The van der Waals surface area contributed by atoms with E-state index in [9.17, 15) is 8.42 Å². The second-order valence-electron chi connectivity index (χ2n) is 2.91. The topological polar surface area (TPSA) is 108 Å². The third kappa shape index (κ3) is 1.16. The van der Waals surface area contributed by atoms with Crippen molar-refractivity contribution in [2.45, 2.75) is 0 Å². The number of aromatic nitrogens is 4. The minimum atomic E-state index is -4.13. The molecule has 0 amide bonds. The SMILES string of the molecule is CNc1nc2c3c(ncn3OS(=O)(=O)O2)n1. The summed E-state index contributed by atoms with van der Waals surface area (Å²) < 4.78 is 32.4. The molecule has 2 aromatic heterocycles. The van der Waals surface area contributed by atoms with Crippen LogP contribution >= 0.6 is 0 Å². The molecular weight excluding hydrogens is 238 g/mol. The van der Waals surface area contributed by atoms with Gasteiger partial charge in [-0.05, 0) is 0 Å². The van der Waals surface area contributed by atoms with Gasteiger partial charge < -0.3 is 9.50 Å². The summed E-state index contributed by atoms with van der Waals surface area (Å²) in [6, 6.07) is 0. The number of imidazole rings is 1. The normalized spacial score (nSPS) is 16.6. The Morgan fingerprint density at radius 1 is 1.44 bits per heavy atom. The Hall–Kier alpha value is -2.10. The van der Waals surface area contributed by atoms with Gasteiger partial charge in [-0.2, -0.15) is 9.97 Å². The van der Waals surface area contributed by atoms with E-state index in [0.29, 0.717) is 0 Å². The summed E-state index contributed by atoms with van der Waals surface area (Å²) in [4.78, 5) is 11.7. The molecule has 0 aromatic carbocycles. The van der Waals surface area contributed by atoms with Gasteiger partial charge in [0.1, 0.15) is 6.33 Å². The van der Waals surface area contributed by atoms with Crippen LogP contribution in [0.25, 0.3) is 11.2 Å². The number of rotatable bonds is 1. The van der Waals surface area contributed by atoms with Gasteiger partial charge in [0.2, 0.25) is 5.95 Å².